The Labute approximate surface area is 107 Å². The van der Waals surface area contributed by atoms with Crippen LogP contribution in [0.5, 0.6) is 0 Å². The Morgan fingerprint density at radius 3 is 2.44 bits per heavy atom. The summed E-state index contributed by atoms with van der Waals surface area (Å²) in [6, 6.07) is 10.7. The van der Waals surface area contributed by atoms with Gasteiger partial charge in [-0.05, 0) is 49.2 Å². The molecule has 1 aromatic carbocycles. The molecule has 0 spiro atoms. The van der Waals surface area contributed by atoms with Crippen LogP contribution in [0.1, 0.15) is 16.8 Å². The van der Waals surface area contributed by atoms with Gasteiger partial charge in [0.05, 0.1) is 0 Å². The van der Waals surface area contributed by atoms with Crippen LogP contribution in [-0.4, -0.2) is 11.5 Å². The Bertz CT molecular complexity index is 429. The predicted molar refractivity (Wildman–Crippen MR) is 70.8 cm³/mol. The first kappa shape index (κ1) is 12.7. The third-order valence-corrected chi connectivity index (χ3v) is 2.81. The number of aryl methyl sites for hydroxylation is 1. The topological polar surface area (TPSA) is 24.9 Å². The Morgan fingerprint density at radius 1 is 1.06 bits per heavy atom. The SMILES string of the molecule is Cc1ccc(CNCCc2ccc(F)cc2)cn1. The van der Waals surface area contributed by atoms with Gasteiger partial charge in [-0.2, -0.15) is 0 Å². The fourth-order valence-electron chi connectivity index (χ4n) is 1.72. The third kappa shape index (κ3) is 3.93. The van der Waals surface area contributed by atoms with Gasteiger partial charge in [0.2, 0.25) is 0 Å². The zero-order valence-electron chi connectivity index (χ0n) is 10.5. The molecule has 0 unspecified atom stereocenters. The van der Waals surface area contributed by atoms with Crippen molar-refractivity contribution in [2.24, 2.45) is 0 Å². The molecule has 0 fully saturated rings. The van der Waals surface area contributed by atoms with E-state index in [1.807, 2.05) is 31.3 Å². The number of aromatic nitrogens is 1. The number of nitrogens with zero attached hydrogens (tertiary/aromatic N) is 1. The maximum Gasteiger partial charge on any atom is 0.123 e. The predicted octanol–water partition coefficient (Wildman–Crippen LogP) is 2.86. The number of hydrogen-bond acceptors (Lipinski definition) is 2. The zero-order valence-corrected chi connectivity index (χ0v) is 10.5. The lowest BCUT2D eigenvalue weighted by Gasteiger charge is -2.05. The highest BCUT2D eigenvalue weighted by molar-refractivity contribution is 5.16. The summed E-state index contributed by atoms with van der Waals surface area (Å²) in [5.41, 5.74) is 3.36. The molecule has 0 atom stereocenters. The van der Waals surface area contributed by atoms with E-state index in [1.54, 1.807) is 0 Å². The van der Waals surface area contributed by atoms with Crippen LogP contribution < -0.4 is 5.32 Å². The fourth-order valence-corrected chi connectivity index (χ4v) is 1.72. The molecule has 1 N–H and O–H groups in total. The van der Waals surface area contributed by atoms with Crippen LogP contribution in [0, 0.1) is 12.7 Å². The smallest absolute Gasteiger partial charge is 0.123 e. The first-order valence-electron chi connectivity index (χ1n) is 6.11. The number of rotatable bonds is 5. The molecule has 0 aliphatic carbocycles. The van der Waals surface area contributed by atoms with E-state index >= 15 is 0 Å². The van der Waals surface area contributed by atoms with Crippen molar-refractivity contribution in [2.75, 3.05) is 6.54 Å². The molecule has 94 valence electrons. The van der Waals surface area contributed by atoms with E-state index in [0.717, 1.165) is 30.8 Å². The number of benzene rings is 1. The summed E-state index contributed by atoms with van der Waals surface area (Å²) >= 11 is 0. The van der Waals surface area contributed by atoms with Crippen molar-refractivity contribution in [3.63, 3.8) is 0 Å². The maximum absolute atomic E-state index is 12.7. The molecule has 1 aromatic heterocycles. The van der Waals surface area contributed by atoms with Crippen molar-refractivity contribution < 1.29 is 4.39 Å². The quantitative estimate of drug-likeness (QED) is 0.818. The summed E-state index contributed by atoms with van der Waals surface area (Å²) in [5, 5.41) is 3.35. The first-order valence-corrected chi connectivity index (χ1v) is 6.11. The first-order chi connectivity index (χ1) is 8.74. The van der Waals surface area contributed by atoms with Gasteiger partial charge in [-0.3, -0.25) is 4.98 Å². The van der Waals surface area contributed by atoms with Crippen LogP contribution in [0.15, 0.2) is 42.6 Å². The largest absolute Gasteiger partial charge is 0.312 e. The van der Waals surface area contributed by atoms with E-state index in [-0.39, 0.29) is 5.82 Å². The minimum Gasteiger partial charge on any atom is -0.312 e. The molecular weight excluding hydrogens is 227 g/mol. The van der Waals surface area contributed by atoms with Crippen molar-refractivity contribution in [3.05, 3.63) is 65.2 Å². The lowest BCUT2D eigenvalue weighted by atomic mass is 10.1. The molecule has 18 heavy (non-hydrogen) atoms. The van der Waals surface area contributed by atoms with E-state index in [4.69, 9.17) is 0 Å². The molecule has 0 aliphatic heterocycles. The van der Waals surface area contributed by atoms with Crippen molar-refractivity contribution in [1.29, 1.82) is 0 Å². The van der Waals surface area contributed by atoms with Crippen molar-refractivity contribution >= 4 is 0 Å². The van der Waals surface area contributed by atoms with Crippen LogP contribution >= 0.6 is 0 Å². The molecule has 0 amide bonds. The zero-order chi connectivity index (χ0) is 12.8. The highest BCUT2D eigenvalue weighted by Crippen LogP contribution is 2.03. The summed E-state index contributed by atoms with van der Waals surface area (Å²) in [4.78, 5) is 4.24. The van der Waals surface area contributed by atoms with Crippen LogP contribution in [0.2, 0.25) is 0 Å². The molecule has 0 radical (unpaired) electrons. The van der Waals surface area contributed by atoms with E-state index in [2.05, 4.69) is 16.4 Å². The second-order valence-corrected chi connectivity index (χ2v) is 4.36. The van der Waals surface area contributed by atoms with Gasteiger partial charge in [-0.15, -0.1) is 0 Å². The Hall–Kier alpha value is -1.74. The molecule has 0 saturated carbocycles. The van der Waals surface area contributed by atoms with Gasteiger partial charge >= 0.3 is 0 Å². The van der Waals surface area contributed by atoms with Crippen LogP contribution in [-0.2, 0) is 13.0 Å². The van der Waals surface area contributed by atoms with Gasteiger partial charge in [-0.1, -0.05) is 18.2 Å². The Morgan fingerprint density at radius 2 is 1.78 bits per heavy atom. The molecule has 1 heterocycles. The van der Waals surface area contributed by atoms with E-state index < -0.39 is 0 Å². The average Bonchev–Trinajstić information content (AvgIpc) is 2.39. The summed E-state index contributed by atoms with van der Waals surface area (Å²) in [6.45, 7) is 3.67. The lowest BCUT2D eigenvalue weighted by Crippen LogP contribution is -2.16. The molecule has 2 rings (SSSR count). The highest BCUT2D eigenvalue weighted by atomic mass is 19.1. The van der Waals surface area contributed by atoms with Gasteiger partial charge in [0.25, 0.3) is 0 Å². The van der Waals surface area contributed by atoms with E-state index in [9.17, 15) is 4.39 Å². The van der Waals surface area contributed by atoms with Crippen LogP contribution in [0.3, 0.4) is 0 Å². The van der Waals surface area contributed by atoms with E-state index in [1.165, 1.54) is 17.7 Å². The number of nitrogens with one attached hydrogen (secondary N) is 1. The molecule has 0 saturated heterocycles. The van der Waals surface area contributed by atoms with Gasteiger partial charge in [-0.25, -0.2) is 4.39 Å². The minimum absolute atomic E-state index is 0.183. The second kappa shape index (κ2) is 6.26. The van der Waals surface area contributed by atoms with Gasteiger partial charge < -0.3 is 5.32 Å². The van der Waals surface area contributed by atoms with Crippen molar-refractivity contribution in [1.82, 2.24) is 10.3 Å². The van der Waals surface area contributed by atoms with E-state index in [0.29, 0.717) is 0 Å². The lowest BCUT2D eigenvalue weighted by molar-refractivity contribution is 0.626. The molecular formula is C15H17FN2. The molecule has 0 bridgehead atoms. The molecule has 0 aliphatic rings. The number of halogens is 1. The fraction of sp³-hybridized carbons (Fsp3) is 0.267. The van der Waals surface area contributed by atoms with Crippen LogP contribution in [0.25, 0.3) is 0 Å². The normalized spacial score (nSPS) is 10.6. The summed E-state index contributed by atoms with van der Waals surface area (Å²) < 4.78 is 12.7. The standard InChI is InChI=1S/C15H17FN2/c1-12-2-3-14(11-18-12)10-17-9-8-13-4-6-15(16)7-5-13/h2-7,11,17H,8-10H2,1H3. The number of hydrogen-bond donors (Lipinski definition) is 1. The molecule has 2 aromatic rings. The summed E-state index contributed by atoms with van der Waals surface area (Å²) in [7, 11) is 0. The maximum atomic E-state index is 12.7. The Balaban J connectivity index is 1.73. The average molecular weight is 244 g/mol. The third-order valence-electron chi connectivity index (χ3n) is 2.81. The molecule has 2 nitrogen and oxygen atoms in total. The van der Waals surface area contributed by atoms with Crippen molar-refractivity contribution in [3.8, 4) is 0 Å². The second-order valence-electron chi connectivity index (χ2n) is 4.36. The Kier molecular flexibility index (Phi) is 4.42. The minimum atomic E-state index is -0.183. The van der Waals surface area contributed by atoms with Gasteiger partial charge in [0.15, 0.2) is 0 Å². The molecule has 3 heteroatoms. The van der Waals surface area contributed by atoms with Crippen LogP contribution in [0.4, 0.5) is 4.39 Å². The summed E-state index contributed by atoms with van der Waals surface area (Å²) in [5.74, 6) is -0.183. The highest BCUT2D eigenvalue weighted by Gasteiger charge is 1.95. The van der Waals surface area contributed by atoms with Gasteiger partial charge in [0, 0.05) is 18.4 Å². The van der Waals surface area contributed by atoms with Gasteiger partial charge in [0.1, 0.15) is 5.82 Å². The summed E-state index contributed by atoms with van der Waals surface area (Å²) in [6.07, 6.45) is 2.79. The van der Waals surface area contributed by atoms with Crippen molar-refractivity contribution in [2.45, 2.75) is 19.9 Å². The monoisotopic (exact) mass is 244 g/mol. The number of pyridine rings is 1.